The van der Waals surface area contributed by atoms with Crippen LogP contribution in [0.2, 0.25) is 0 Å². The van der Waals surface area contributed by atoms with Gasteiger partial charge < -0.3 is 14.0 Å². The number of anilines is 3. The molecule has 0 aliphatic heterocycles. The van der Waals surface area contributed by atoms with Crippen LogP contribution in [-0.2, 0) is 26.5 Å². The van der Waals surface area contributed by atoms with E-state index in [1.165, 1.54) is 5.56 Å². The maximum atomic E-state index is 6.33. The summed E-state index contributed by atoms with van der Waals surface area (Å²) in [6.07, 6.45) is 3.53. The zero-order valence-corrected chi connectivity index (χ0v) is 25.6. The number of para-hydroxylation sites is 1. The van der Waals surface area contributed by atoms with Gasteiger partial charge in [0.2, 0.25) is 0 Å². The topological polar surface area (TPSA) is 55.6 Å². The normalized spacial score (nSPS) is 11.5. The first kappa shape index (κ1) is 27.6. The Hall–Kier alpha value is -4.54. The number of fused-ring (bicyclic) bond motifs is 6. The van der Waals surface area contributed by atoms with Crippen LogP contribution in [0.1, 0.15) is 26.3 Å². The van der Waals surface area contributed by atoms with Crippen LogP contribution in [0.15, 0.2) is 110 Å². The molecule has 0 aliphatic carbocycles. The molecular formula is C35H27N5OPt. The summed E-state index contributed by atoms with van der Waals surface area (Å²) >= 11 is 0. The molecule has 208 valence electrons. The van der Waals surface area contributed by atoms with Gasteiger partial charge in [-0.15, -0.1) is 35.4 Å². The standard InChI is InChI=1S/C35H27N5O.Pt/c1-35(2,3)24-14-16-25(17-15-24)40(33-13-6-7-20-36-33)26-9-8-10-27(21-26)41-28-18-19-29-30-11-4-5-12-32(30)39-23-37-38-34(39)31(29)22-28;/h4-20,23H,1-3H3;/q-2;+2. The minimum atomic E-state index is 0. The van der Waals surface area contributed by atoms with Gasteiger partial charge in [0.25, 0.3) is 0 Å². The van der Waals surface area contributed by atoms with Crippen molar-refractivity contribution in [3.05, 3.63) is 127 Å². The molecule has 3 aromatic heterocycles. The Labute approximate surface area is 258 Å². The van der Waals surface area contributed by atoms with Gasteiger partial charge >= 0.3 is 21.1 Å². The molecule has 0 unspecified atom stereocenters. The Morgan fingerprint density at radius 3 is 2.33 bits per heavy atom. The van der Waals surface area contributed by atoms with Crippen molar-refractivity contribution in [2.24, 2.45) is 0 Å². The van der Waals surface area contributed by atoms with Crippen molar-refractivity contribution in [2.45, 2.75) is 26.2 Å². The van der Waals surface area contributed by atoms with Gasteiger partial charge in [0.15, 0.2) is 0 Å². The number of pyridine rings is 2. The molecule has 42 heavy (non-hydrogen) atoms. The van der Waals surface area contributed by atoms with Crippen LogP contribution in [0.4, 0.5) is 17.2 Å². The molecule has 0 radical (unpaired) electrons. The summed E-state index contributed by atoms with van der Waals surface area (Å²) in [6.45, 7) is 6.65. The van der Waals surface area contributed by atoms with E-state index in [1.807, 2.05) is 59.0 Å². The molecule has 0 aliphatic rings. The first-order valence-electron chi connectivity index (χ1n) is 13.5. The minimum absolute atomic E-state index is 0. The summed E-state index contributed by atoms with van der Waals surface area (Å²) in [5.74, 6) is 1.94. The van der Waals surface area contributed by atoms with Crippen LogP contribution >= 0.6 is 0 Å². The number of benzene rings is 4. The first-order chi connectivity index (χ1) is 20.0. The monoisotopic (exact) mass is 728 g/mol. The van der Waals surface area contributed by atoms with E-state index in [4.69, 9.17) is 4.74 Å². The Morgan fingerprint density at radius 2 is 1.55 bits per heavy atom. The fourth-order valence-corrected chi connectivity index (χ4v) is 5.16. The summed E-state index contributed by atoms with van der Waals surface area (Å²) < 4.78 is 8.32. The van der Waals surface area contributed by atoms with E-state index in [-0.39, 0.29) is 26.5 Å². The average molecular weight is 729 g/mol. The number of hydrogen-bond donors (Lipinski definition) is 0. The molecule has 0 saturated carbocycles. The van der Waals surface area contributed by atoms with Gasteiger partial charge in [-0.3, -0.25) is 0 Å². The van der Waals surface area contributed by atoms with Gasteiger partial charge in [-0.25, -0.2) is 4.98 Å². The molecule has 4 aromatic carbocycles. The number of rotatable bonds is 5. The Kier molecular flexibility index (Phi) is 7.26. The van der Waals surface area contributed by atoms with Crippen molar-refractivity contribution in [3.63, 3.8) is 0 Å². The minimum Gasteiger partial charge on any atom is -0.503 e. The Bertz CT molecular complexity index is 2010. The van der Waals surface area contributed by atoms with Crippen LogP contribution < -0.4 is 9.64 Å². The predicted molar refractivity (Wildman–Crippen MR) is 163 cm³/mol. The number of nitrogens with zero attached hydrogens (tertiary/aromatic N) is 5. The zero-order valence-electron chi connectivity index (χ0n) is 23.4. The number of hydrogen-bond acceptors (Lipinski definition) is 5. The van der Waals surface area contributed by atoms with Gasteiger partial charge in [0.05, 0.1) is 5.65 Å². The Morgan fingerprint density at radius 1 is 0.762 bits per heavy atom. The van der Waals surface area contributed by atoms with Crippen molar-refractivity contribution in [2.75, 3.05) is 4.90 Å². The molecule has 6 nitrogen and oxygen atoms in total. The average Bonchev–Trinajstić information content (AvgIpc) is 3.49. The second-order valence-corrected chi connectivity index (χ2v) is 11.0. The molecule has 7 aromatic rings. The van der Waals surface area contributed by atoms with Crippen molar-refractivity contribution in [1.82, 2.24) is 19.6 Å². The summed E-state index contributed by atoms with van der Waals surface area (Å²) in [5, 5.41) is 11.5. The molecule has 0 fully saturated rings. The van der Waals surface area contributed by atoms with E-state index in [0.717, 1.165) is 44.5 Å². The molecule has 7 heteroatoms. The third kappa shape index (κ3) is 5.03. The van der Waals surface area contributed by atoms with Crippen LogP contribution in [-0.4, -0.2) is 19.6 Å². The van der Waals surface area contributed by atoms with Crippen LogP contribution in [0.3, 0.4) is 0 Å². The van der Waals surface area contributed by atoms with E-state index in [0.29, 0.717) is 11.5 Å². The third-order valence-electron chi connectivity index (χ3n) is 7.23. The van der Waals surface area contributed by atoms with E-state index >= 15 is 0 Å². The SMILES string of the molecule is CC(C)(C)c1ccc(N(c2[c-]c(Oc3[c-]c4c(cc3)c3ccccc3n3cnnc43)ccc2)c2ccccn2)cc1.[Pt+2]. The van der Waals surface area contributed by atoms with Crippen molar-refractivity contribution in [3.8, 4) is 11.5 Å². The number of aromatic nitrogens is 4. The molecule has 0 bridgehead atoms. The van der Waals surface area contributed by atoms with E-state index in [1.54, 1.807) is 12.5 Å². The predicted octanol–water partition coefficient (Wildman–Crippen LogP) is 8.59. The molecule has 0 atom stereocenters. The quantitative estimate of drug-likeness (QED) is 0.131. The second-order valence-electron chi connectivity index (χ2n) is 11.0. The third-order valence-corrected chi connectivity index (χ3v) is 7.23. The maximum Gasteiger partial charge on any atom is 2.00 e. The van der Waals surface area contributed by atoms with Gasteiger partial charge in [-0.05, 0) is 46.7 Å². The summed E-state index contributed by atoms with van der Waals surface area (Å²) in [6, 6.07) is 39.5. The zero-order chi connectivity index (χ0) is 28.0. The van der Waals surface area contributed by atoms with Crippen LogP contribution in [0, 0.1) is 12.1 Å². The van der Waals surface area contributed by atoms with Gasteiger partial charge in [-0.2, -0.15) is 11.2 Å². The van der Waals surface area contributed by atoms with Crippen molar-refractivity contribution in [1.29, 1.82) is 0 Å². The van der Waals surface area contributed by atoms with Gasteiger partial charge in [0, 0.05) is 28.9 Å². The summed E-state index contributed by atoms with van der Waals surface area (Å²) in [4.78, 5) is 6.72. The van der Waals surface area contributed by atoms with Crippen LogP contribution in [0.5, 0.6) is 11.5 Å². The maximum absolute atomic E-state index is 6.33. The smallest absolute Gasteiger partial charge is 0.503 e. The van der Waals surface area contributed by atoms with E-state index in [9.17, 15) is 0 Å². The molecule has 0 saturated heterocycles. The largest absolute Gasteiger partial charge is 2.00 e. The molecular weight excluding hydrogens is 701 g/mol. The van der Waals surface area contributed by atoms with E-state index in [2.05, 4.69) is 95.4 Å². The number of ether oxygens (including phenoxy) is 1. The molecule has 0 spiro atoms. The summed E-state index contributed by atoms with van der Waals surface area (Å²) in [5.41, 5.74) is 4.93. The summed E-state index contributed by atoms with van der Waals surface area (Å²) in [7, 11) is 0. The van der Waals surface area contributed by atoms with Gasteiger partial charge in [-0.1, -0.05) is 79.7 Å². The second kappa shape index (κ2) is 11.0. The fourth-order valence-electron chi connectivity index (χ4n) is 5.16. The Balaban J connectivity index is 0.00000316. The van der Waals surface area contributed by atoms with Crippen molar-refractivity contribution >= 4 is 44.5 Å². The van der Waals surface area contributed by atoms with E-state index < -0.39 is 0 Å². The van der Waals surface area contributed by atoms with Crippen LogP contribution in [0.25, 0.3) is 27.3 Å². The molecule has 0 amide bonds. The molecule has 3 heterocycles. The van der Waals surface area contributed by atoms with Gasteiger partial charge in [0.1, 0.15) is 12.1 Å². The molecule has 0 N–H and O–H groups in total. The van der Waals surface area contributed by atoms with Crippen molar-refractivity contribution < 1.29 is 25.8 Å². The fraction of sp³-hybridized carbons (Fsp3) is 0.114. The molecule has 7 rings (SSSR count). The first-order valence-corrected chi connectivity index (χ1v) is 13.5.